The molecule has 1 fully saturated rings. The van der Waals surface area contributed by atoms with Crippen molar-refractivity contribution in [2.75, 3.05) is 19.8 Å². The molecular formula is C79H78IN5O9Si. The Labute approximate surface area is 569 Å². The topological polar surface area (TPSA) is 176 Å². The van der Waals surface area contributed by atoms with Crippen LogP contribution in [-0.4, -0.2) is 75.4 Å². The molecule has 0 bridgehead atoms. The number of amides is 1. The summed E-state index contributed by atoms with van der Waals surface area (Å²) in [5, 5.41) is 5.89. The number of furan rings is 2. The number of ether oxygens (including phenoxy) is 2. The van der Waals surface area contributed by atoms with E-state index in [1.165, 1.54) is 44.6 Å². The van der Waals surface area contributed by atoms with Crippen molar-refractivity contribution in [2.45, 2.75) is 72.5 Å². The lowest BCUT2D eigenvalue weighted by molar-refractivity contribution is -0.137. The number of nitrogens with two attached hydrogens (primary N) is 1. The number of ketones is 3. The van der Waals surface area contributed by atoms with Crippen molar-refractivity contribution in [3.8, 4) is 36.2 Å². The minimum atomic E-state index is -1.27. The molecule has 14 nitrogen and oxygen atoms in total. The summed E-state index contributed by atoms with van der Waals surface area (Å²) in [7, 11) is 6.58. The SMILES string of the molecule is C#Cc1ccc2c(c1)c(C(=O)C(=O)OCC)cn2C.C#Cc1ccc2c(c1)c(C1=C(c3coc4ccccc34)C(=O)CC1=O)cn2C.C1CCOC1.CCC.Cn1ccc2cc(C#C[Si](C)(C)C)ccc21.Cn1ccc2cc(I)ccc21.NC(=O)Cc1coc2ccccc12. The van der Waals surface area contributed by atoms with Crippen LogP contribution in [0.1, 0.15) is 90.2 Å². The fraction of sp³-hybridized carbons (Fsp3) is 0.228. The Kier molecular flexibility index (Phi) is 24.3. The van der Waals surface area contributed by atoms with E-state index in [1.807, 2.05) is 90.6 Å². The zero-order valence-electron chi connectivity index (χ0n) is 55.4. The molecule has 484 valence electrons. The summed E-state index contributed by atoms with van der Waals surface area (Å²) in [6, 6.07) is 43.3. The van der Waals surface area contributed by atoms with E-state index in [-0.39, 0.29) is 36.9 Å². The van der Waals surface area contributed by atoms with Crippen LogP contribution in [0.4, 0.5) is 0 Å². The van der Waals surface area contributed by atoms with Crippen LogP contribution >= 0.6 is 22.6 Å². The molecule has 0 spiro atoms. The predicted molar refractivity (Wildman–Crippen MR) is 394 cm³/mol. The van der Waals surface area contributed by atoms with Crippen molar-refractivity contribution in [3.05, 3.63) is 213 Å². The van der Waals surface area contributed by atoms with Gasteiger partial charge in [-0.15, -0.1) is 18.4 Å². The number of para-hydroxylation sites is 2. The Balaban J connectivity index is 0.000000153. The van der Waals surface area contributed by atoms with Crippen molar-refractivity contribution in [1.82, 2.24) is 18.3 Å². The van der Waals surface area contributed by atoms with E-state index in [4.69, 9.17) is 36.9 Å². The Bertz CT molecular complexity index is 4980. The molecule has 1 saturated heterocycles. The van der Waals surface area contributed by atoms with Crippen LogP contribution < -0.4 is 5.73 Å². The van der Waals surface area contributed by atoms with Crippen molar-refractivity contribution in [1.29, 1.82) is 0 Å². The summed E-state index contributed by atoms with van der Waals surface area (Å²) in [5.74, 6) is 6.24. The molecule has 6 aromatic heterocycles. The molecule has 16 heteroatoms. The zero-order chi connectivity index (χ0) is 68.5. The molecule has 0 radical (unpaired) electrons. The van der Waals surface area contributed by atoms with Gasteiger partial charge in [-0.3, -0.25) is 19.2 Å². The van der Waals surface area contributed by atoms with E-state index in [1.54, 1.807) is 49.4 Å². The second-order valence-corrected chi connectivity index (χ2v) is 29.8. The molecular weight excluding hydrogens is 1320 g/mol. The Morgan fingerprint density at radius 1 is 0.600 bits per heavy atom. The highest BCUT2D eigenvalue weighted by Gasteiger charge is 2.35. The molecule has 0 unspecified atom stereocenters. The standard InChI is InChI=1S/C24H15NO3.C15H13NO3.C14H17NSi.C10H9NO2.C9H8IN.C4H8O.C3H8/c1-3-14-8-9-19-16(10-14)17(12-25(19)2)23-20(26)11-21(27)24(23)18-13-28-22-7-5-4-6-15(18)22;1-4-10-6-7-13-11(8-10)12(9-16(13)3)14(17)15(18)19-5-2;1-15-9-7-13-11-12(5-6-14(13)15)8-10-16(2,3)4;11-10(12)5-7-6-13-9-4-2-1-3-8(7)9;1-11-5-4-7-6-8(10)2-3-9(7)11;1-2-4-5-3-1;1-3-2/h1,4-10,12-13H,11H2,2H3;1,6-9H,5H2,2-3H3;5-7,9,11H,1-4H3;1-4,6H,5H2,(H2,11,12);2-6H,1H3;1-4H2;3H2,1-2H3. The highest BCUT2D eigenvalue weighted by atomic mass is 127. The first-order valence-electron chi connectivity index (χ1n) is 31.3. The molecule has 0 atom stereocenters. The van der Waals surface area contributed by atoms with Crippen LogP contribution in [0, 0.1) is 39.7 Å². The second-order valence-electron chi connectivity index (χ2n) is 23.8. The third-order valence-corrected chi connectivity index (χ3v) is 16.8. The number of rotatable bonds is 7. The number of esters is 1. The summed E-state index contributed by atoms with van der Waals surface area (Å²) in [4.78, 5) is 59.9. The van der Waals surface area contributed by atoms with Gasteiger partial charge in [0.25, 0.3) is 5.78 Å². The molecule has 7 heterocycles. The zero-order valence-corrected chi connectivity index (χ0v) is 58.6. The summed E-state index contributed by atoms with van der Waals surface area (Å²) >= 11 is 2.33. The Morgan fingerprint density at radius 2 is 1.12 bits per heavy atom. The van der Waals surface area contributed by atoms with Crippen LogP contribution in [0.25, 0.3) is 76.7 Å². The number of primary amides is 1. The molecule has 0 saturated carbocycles. The van der Waals surface area contributed by atoms with E-state index < -0.39 is 19.8 Å². The van der Waals surface area contributed by atoms with E-state index in [0.29, 0.717) is 38.8 Å². The fourth-order valence-corrected chi connectivity index (χ4v) is 11.8. The second kappa shape index (κ2) is 32.6. The minimum absolute atomic E-state index is 0.130. The van der Waals surface area contributed by atoms with Gasteiger partial charge in [-0.25, -0.2) is 4.79 Å². The predicted octanol–water partition coefficient (Wildman–Crippen LogP) is 16.1. The quantitative estimate of drug-likeness (QED) is 0.0309. The maximum absolute atomic E-state index is 12.9. The number of terminal acetylenes is 2. The lowest BCUT2D eigenvalue weighted by Gasteiger charge is -2.04. The number of nitrogens with zero attached hydrogens (tertiary/aromatic N) is 4. The number of aromatic nitrogens is 4. The lowest BCUT2D eigenvalue weighted by atomic mass is 9.95. The third kappa shape index (κ3) is 17.8. The molecule has 1 aliphatic carbocycles. The molecule has 1 aliphatic heterocycles. The number of Topliss-reactive ketones (excluding diaryl/α,β-unsaturated/α-hetero) is 3. The van der Waals surface area contributed by atoms with Gasteiger partial charge in [0.2, 0.25) is 5.91 Å². The van der Waals surface area contributed by atoms with Gasteiger partial charge in [-0.1, -0.05) is 94.1 Å². The molecule has 95 heavy (non-hydrogen) atoms. The molecule has 14 rings (SSSR count). The Hall–Kier alpha value is -10.2. The first-order chi connectivity index (χ1) is 45.6. The van der Waals surface area contributed by atoms with Crippen LogP contribution in [0.2, 0.25) is 19.6 Å². The number of allylic oxidation sites excluding steroid dienone is 2. The summed E-state index contributed by atoms with van der Waals surface area (Å²) in [6.07, 6.45) is 25.6. The van der Waals surface area contributed by atoms with E-state index in [2.05, 4.69) is 164 Å². The van der Waals surface area contributed by atoms with Gasteiger partial charge in [-0.05, 0) is 139 Å². The number of carbonyl (C=O) groups excluding carboxylic acids is 5. The molecule has 2 N–H and O–H groups in total. The summed E-state index contributed by atoms with van der Waals surface area (Å²) in [6.45, 7) is 14.9. The van der Waals surface area contributed by atoms with Gasteiger partial charge >= 0.3 is 5.97 Å². The number of hydrogen-bond donors (Lipinski definition) is 1. The van der Waals surface area contributed by atoms with E-state index in [0.717, 1.165) is 68.2 Å². The van der Waals surface area contributed by atoms with Crippen molar-refractivity contribution in [3.63, 3.8) is 0 Å². The number of hydrogen-bond acceptors (Lipinski definition) is 9. The smallest absolute Gasteiger partial charge is 0.379 e. The number of halogens is 1. The van der Waals surface area contributed by atoms with Gasteiger partial charge < -0.3 is 42.3 Å². The normalized spacial score (nSPS) is 12.3. The maximum Gasteiger partial charge on any atom is 0.379 e. The average Bonchev–Trinajstić information content (AvgIpc) is 1.60. The number of carbonyl (C=O) groups is 5. The third-order valence-electron chi connectivity index (χ3n) is 15.2. The van der Waals surface area contributed by atoms with Crippen molar-refractivity contribution < 1.29 is 42.3 Å². The number of fused-ring (bicyclic) bond motifs is 6. The van der Waals surface area contributed by atoms with Gasteiger partial charge in [0.05, 0.1) is 37.5 Å². The highest BCUT2D eigenvalue weighted by Crippen LogP contribution is 2.42. The largest absolute Gasteiger partial charge is 0.464 e. The first-order valence-corrected chi connectivity index (χ1v) is 35.9. The van der Waals surface area contributed by atoms with Gasteiger partial charge in [0.1, 0.15) is 19.2 Å². The van der Waals surface area contributed by atoms with Gasteiger partial charge in [-0.2, -0.15) is 0 Å². The van der Waals surface area contributed by atoms with Crippen LogP contribution in [0.15, 0.2) is 180 Å². The summed E-state index contributed by atoms with van der Waals surface area (Å²) in [5.41, 5.74) is 20.2. The van der Waals surface area contributed by atoms with E-state index >= 15 is 0 Å². The van der Waals surface area contributed by atoms with E-state index in [9.17, 15) is 24.0 Å². The Morgan fingerprint density at radius 3 is 1.69 bits per heavy atom. The molecule has 1 amide bonds. The van der Waals surface area contributed by atoms with Crippen molar-refractivity contribution in [2.24, 2.45) is 33.9 Å². The maximum atomic E-state index is 12.9. The molecule has 12 aromatic rings. The number of benzene rings is 6. The van der Waals surface area contributed by atoms with Crippen LogP contribution in [0.5, 0.6) is 0 Å². The van der Waals surface area contributed by atoms with Gasteiger partial charge in [0.15, 0.2) is 11.6 Å². The highest BCUT2D eigenvalue weighted by molar-refractivity contribution is 14.1. The molecule has 2 aliphatic rings. The first kappa shape index (κ1) is 70.7. The lowest BCUT2D eigenvalue weighted by Crippen LogP contribution is -2.17. The monoisotopic (exact) mass is 1400 g/mol. The average molecular weight is 1400 g/mol. The molecule has 6 aromatic carbocycles. The van der Waals surface area contributed by atoms with Crippen LogP contribution in [-0.2, 0) is 63.3 Å². The van der Waals surface area contributed by atoms with Crippen molar-refractivity contribution >= 4 is 137 Å². The van der Waals surface area contributed by atoms with Gasteiger partial charge in [0, 0.05) is 169 Å². The summed E-state index contributed by atoms with van der Waals surface area (Å²) < 4.78 is 29.8. The fourth-order valence-electron chi connectivity index (χ4n) is 10.7. The minimum Gasteiger partial charge on any atom is -0.464 e. The van der Waals surface area contributed by atoms with Crippen LogP contribution in [0.3, 0.4) is 0 Å². The number of aryl methyl sites for hydroxylation is 4.